The van der Waals surface area contributed by atoms with Gasteiger partial charge in [0.05, 0.1) is 12.2 Å². The fourth-order valence-electron chi connectivity index (χ4n) is 3.65. The number of ether oxygens (including phenoxy) is 1. The highest BCUT2D eigenvalue weighted by atomic mass is 16.5. The molecule has 0 radical (unpaired) electrons. The van der Waals surface area contributed by atoms with E-state index in [2.05, 4.69) is 10.5 Å². The molecule has 1 aromatic heterocycles. The van der Waals surface area contributed by atoms with E-state index < -0.39 is 0 Å². The number of benzene rings is 1. The molecule has 0 spiro atoms. The quantitative estimate of drug-likeness (QED) is 0.810. The van der Waals surface area contributed by atoms with Crippen molar-refractivity contribution in [1.29, 1.82) is 0 Å². The van der Waals surface area contributed by atoms with Crippen LogP contribution in [0.4, 0.5) is 0 Å². The lowest BCUT2D eigenvalue weighted by Crippen LogP contribution is -2.33. The second kappa shape index (κ2) is 8.27. The minimum absolute atomic E-state index is 0.0949. The molecule has 1 fully saturated rings. The van der Waals surface area contributed by atoms with Crippen LogP contribution in [0.3, 0.4) is 0 Å². The molecule has 29 heavy (non-hydrogen) atoms. The molecule has 1 saturated carbocycles. The molecule has 7 heteroatoms. The van der Waals surface area contributed by atoms with Crippen LogP contribution in [0.1, 0.15) is 52.2 Å². The first kappa shape index (κ1) is 19.5. The summed E-state index contributed by atoms with van der Waals surface area (Å²) in [5.74, 6) is 2.01. The fourth-order valence-corrected chi connectivity index (χ4v) is 3.65. The maximum Gasteiger partial charge on any atom is 0.259 e. The predicted molar refractivity (Wildman–Crippen MR) is 107 cm³/mol. The normalized spacial score (nSPS) is 16.0. The van der Waals surface area contributed by atoms with Crippen molar-refractivity contribution in [3.8, 4) is 5.75 Å². The van der Waals surface area contributed by atoms with Gasteiger partial charge in [-0.05, 0) is 50.7 Å². The van der Waals surface area contributed by atoms with Crippen molar-refractivity contribution >= 4 is 11.8 Å². The Morgan fingerprint density at radius 2 is 2.10 bits per heavy atom. The van der Waals surface area contributed by atoms with Crippen LogP contribution in [0.2, 0.25) is 0 Å². The van der Waals surface area contributed by atoms with Crippen LogP contribution in [-0.4, -0.2) is 41.6 Å². The lowest BCUT2D eigenvalue weighted by Gasteiger charge is -2.19. The van der Waals surface area contributed by atoms with Gasteiger partial charge in [-0.1, -0.05) is 17.3 Å². The number of fused-ring (bicyclic) bond motifs is 1. The lowest BCUT2D eigenvalue weighted by atomic mass is 10.0. The second-order valence-corrected chi connectivity index (χ2v) is 7.96. The second-order valence-electron chi connectivity index (χ2n) is 7.96. The SMILES string of the molecule is Cc1noc(C)c1C(=O)N1CCOc2ccc(CCC(=O)NCC3CC3)cc2C1. The Hall–Kier alpha value is -2.83. The van der Waals surface area contributed by atoms with E-state index in [1.54, 1.807) is 18.7 Å². The number of hydrogen-bond acceptors (Lipinski definition) is 5. The number of carbonyl (C=O) groups is 2. The van der Waals surface area contributed by atoms with Crippen molar-refractivity contribution in [2.45, 2.75) is 46.1 Å². The molecule has 0 unspecified atom stereocenters. The van der Waals surface area contributed by atoms with Crippen LogP contribution in [0.5, 0.6) is 5.75 Å². The fraction of sp³-hybridized carbons (Fsp3) is 0.500. The molecular formula is C22H27N3O4. The zero-order chi connectivity index (χ0) is 20.4. The van der Waals surface area contributed by atoms with Crippen LogP contribution in [0.25, 0.3) is 0 Å². The minimum Gasteiger partial charge on any atom is -0.491 e. The third-order valence-electron chi connectivity index (χ3n) is 5.56. The van der Waals surface area contributed by atoms with Gasteiger partial charge in [0.25, 0.3) is 5.91 Å². The monoisotopic (exact) mass is 397 g/mol. The molecule has 7 nitrogen and oxygen atoms in total. The zero-order valence-electron chi connectivity index (χ0n) is 17.0. The summed E-state index contributed by atoms with van der Waals surface area (Å²) < 4.78 is 11.0. The highest BCUT2D eigenvalue weighted by Crippen LogP contribution is 2.28. The molecule has 1 aliphatic heterocycles. The van der Waals surface area contributed by atoms with E-state index in [1.807, 2.05) is 18.2 Å². The standard InChI is InChI=1S/C22H27N3O4/c1-14-21(15(2)29-24-14)22(27)25-9-10-28-19-7-5-16(11-18(19)13-25)6-8-20(26)23-12-17-3-4-17/h5,7,11,17H,3-4,6,8-10,12-13H2,1-2H3,(H,23,26). The maximum absolute atomic E-state index is 13.0. The van der Waals surface area contributed by atoms with Gasteiger partial charge < -0.3 is 19.5 Å². The van der Waals surface area contributed by atoms with Crippen molar-refractivity contribution in [1.82, 2.24) is 15.4 Å². The summed E-state index contributed by atoms with van der Waals surface area (Å²) >= 11 is 0. The first-order chi connectivity index (χ1) is 14.0. The summed E-state index contributed by atoms with van der Waals surface area (Å²) in [6.45, 7) is 5.72. The average molecular weight is 397 g/mol. The first-order valence-electron chi connectivity index (χ1n) is 10.2. The van der Waals surface area contributed by atoms with Crippen molar-refractivity contribution in [3.63, 3.8) is 0 Å². The van der Waals surface area contributed by atoms with Crippen LogP contribution >= 0.6 is 0 Å². The van der Waals surface area contributed by atoms with E-state index in [-0.39, 0.29) is 11.8 Å². The number of aromatic nitrogens is 1. The number of rotatable bonds is 6. The number of aryl methyl sites for hydroxylation is 3. The third kappa shape index (κ3) is 4.60. The molecule has 2 aliphatic rings. The summed E-state index contributed by atoms with van der Waals surface area (Å²) in [4.78, 5) is 26.8. The molecule has 1 N–H and O–H groups in total. The van der Waals surface area contributed by atoms with Crippen LogP contribution in [-0.2, 0) is 17.8 Å². The molecule has 2 aromatic rings. The number of nitrogens with one attached hydrogen (secondary N) is 1. The smallest absolute Gasteiger partial charge is 0.259 e. The van der Waals surface area contributed by atoms with Crippen LogP contribution in [0, 0.1) is 19.8 Å². The van der Waals surface area contributed by atoms with E-state index in [4.69, 9.17) is 9.26 Å². The average Bonchev–Trinajstić information content (AvgIpc) is 3.50. The largest absolute Gasteiger partial charge is 0.491 e. The highest BCUT2D eigenvalue weighted by Gasteiger charge is 2.26. The Labute approximate surface area is 170 Å². The first-order valence-corrected chi connectivity index (χ1v) is 10.2. The number of amides is 2. The van der Waals surface area contributed by atoms with Gasteiger partial charge in [0.2, 0.25) is 5.91 Å². The van der Waals surface area contributed by atoms with Crippen LogP contribution in [0.15, 0.2) is 22.7 Å². The Balaban J connectivity index is 1.42. The van der Waals surface area contributed by atoms with E-state index in [1.165, 1.54) is 12.8 Å². The molecule has 2 amide bonds. The third-order valence-corrected chi connectivity index (χ3v) is 5.56. The molecule has 0 atom stereocenters. The Kier molecular flexibility index (Phi) is 5.56. The van der Waals surface area contributed by atoms with Gasteiger partial charge in [-0.15, -0.1) is 0 Å². The summed E-state index contributed by atoms with van der Waals surface area (Å²) in [7, 11) is 0. The van der Waals surface area contributed by atoms with Crippen molar-refractivity contribution < 1.29 is 18.8 Å². The van der Waals surface area contributed by atoms with Gasteiger partial charge in [-0.2, -0.15) is 0 Å². The minimum atomic E-state index is -0.0949. The molecule has 4 rings (SSSR count). The number of hydrogen-bond donors (Lipinski definition) is 1. The van der Waals surface area contributed by atoms with Crippen molar-refractivity contribution in [2.24, 2.45) is 5.92 Å². The van der Waals surface area contributed by atoms with E-state index >= 15 is 0 Å². The maximum atomic E-state index is 13.0. The van der Waals surface area contributed by atoms with Gasteiger partial charge in [0.1, 0.15) is 23.7 Å². The number of carbonyl (C=O) groups excluding carboxylic acids is 2. The Morgan fingerprint density at radius 1 is 1.28 bits per heavy atom. The molecular weight excluding hydrogens is 370 g/mol. The summed E-state index contributed by atoms with van der Waals surface area (Å²) in [5, 5.41) is 6.90. The molecule has 0 bridgehead atoms. The van der Waals surface area contributed by atoms with Crippen molar-refractivity contribution in [3.05, 3.63) is 46.3 Å². The summed E-state index contributed by atoms with van der Waals surface area (Å²) in [6.07, 6.45) is 3.60. The van der Waals surface area contributed by atoms with Gasteiger partial charge in [0.15, 0.2) is 0 Å². The van der Waals surface area contributed by atoms with Crippen LogP contribution < -0.4 is 10.1 Å². The predicted octanol–water partition coefficient (Wildman–Crippen LogP) is 2.79. The molecule has 1 aliphatic carbocycles. The molecule has 1 aromatic carbocycles. The van der Waals surface area contributed by atoms with E-state index in [0.29, 0.717) is 55.5 Å². The van der Waals surface area contributed by atoms with Gasteiger partial charge >= 0.3 is 0 Å². The number of nitrogens with zero attached hydrogens (tertiary/aromatic N) is 2. The van der Waals surface area contributed by atoms with Crippen molar-refractivity contribution in [2.75, 3.05) is 19.7 Å². The topological polar surface area (TPSA) is 84.7 Å². The van der Waals surface area contributed by atoms with E-state index in [9.17, 15) is 9.59 Å². The molecule has 154 valence electrons. The lowest BCUT2D eigenvalue weighted by molar-refractivity contribution is -0.121. The Morgan fingerprint density at radius 3 is 2.83 bits per heavy atom. The Bertz CT molecular complexity index is 897. The summed E-state index contributed by atoms with van der Waals surface area (Å²) in [6, 6.07) is 5.98. The van der Waals surface area contributed by atoms with Gasteiger partial charge in [-0.3, -0.25) is 9.59 Å². The molecule has 0 saturated heterocycles. The zero-order valence-corrected chi connectivity index (χ0v) is 17.0. The van der Waals surface area contributed by atoms with Gasteiger partial charge in [-0.25, -0.2) is 0 Å². The molecule has 2 heterocycles. The van der Waals surface area contributed by atoms with E-state index in [0.717, 1.165) is 23.4 Å². The summed E-state index contributed by atoms with van der Waals surface area (Å²) in [5.41, 5.74) is 3.15. The van der Waals surface area contributed by atoms with Gasteiger partial charge in [0, 0.05) is 25.1 Å². The highest BCUT2D eigenvalue weighted by molar-refractivity contribution is 5.96.